The Morgan fingerprint density at radius 1 is 1.54 bits per heavy atom. The van der Waals surface area contributed by atoms with Crippen molar-refractivity contribution in [1.82, 2.24) is 5.32 Å². The summed E-state index contributed by atoms with van der Waals surface area (Å²) in [6, 6.07) is 6.48. The number of thiophene rings is 1. The van der Waals surface area contributed by atoms with Crippen molar-refractivity contribution < 1.29 is 0 Å². The number of nitriles is 1. The molecule has 0 saturated carbocycles. The highest BCUT2D eigenvalue weighted by atomic mass is 32.1. The lowest BCUT2D eigenvalue weighted by atomic mass is 9.89. The van der Waals surface area contributed by atoms with Gasteiger partial charge in [-0.15, -0.1) is 11.3 Å². The summed E-state index contributed by atoms with van der Waals surface area (Å²) in [5.41, 5.74) is -0.383. The number of nitrogens with zero attached hydrogens (tertiary/aromatic N) is 1. The fraction of sp³-hybridized carbons (Fsp3) is 0.500. The molecule has 1 aromatic rings. The van der Waals surface area contributed by atoms with Gasteiger partial charge in [0.05, 0.1) is 6.07 Å². The van der Waals surface area contributed by atoms with Crippen LogP contribution in [0.4, 0.5) is 0 Å². The fourth-order valence-corrected chi connectivity index (χ4v) is 2.67. The second-order valence-corrected chi connectivity index (χ2v) is 4.33. The maximum Gasteiger partial charge on any atom is 0.141 e. The Morgan fingerprint density at radius 3 is 3.00 bits per heavy atom. The molecule has 1 aliphatic rings. The molecular weight excluding hydrogens is 180 g/mol. The van der Waals surface area contributed by atoms with E-state index < -0.39 is 0 Å². The molecule has 0 amide bonds. The van der Waals surface area contributed by atoms with Crippen molar-refractivity contribution in [2.75, 3.05) is 6.54 Å². The Labute approximate surface area is 82.2 Å². The van der Waals surface area contributed by atoms with Crippen LogP contribution in [-0.4, -0.2) is 6.54 Å². The van der Waals surface area contributed by atoms with Gasteiger partial charge in [-0.25, -0.2) is 0 Å². The smallest absolute Gasteiger partial charge is 0.141 e. The van der Waals surface area contributed by atoms with Crippen LogP contribution in [-0.2, 0) is 5.54 Å². The van der Waals surface area contributed by atoms with Gasteiger partial charge in [-0.2, -0.15) is 5.26 Å². The minimum Gasteiger partial charge on any atom is -0.295 e. The number of hydrogen-bond acceptors (Lipinski definition) is 3. The van der Waals surface area contributed by atoms with Crippen molar-refractivity contribution in [2.45, 2.75) is 24.8 Å². The Bertz CT molecular complexity index is 304. The van der Waals surface area contributed by atoms with E-state index in [1.54, 1.807) is 11.3 Å². The highest BCUT2D eigenvalue weighted by molar-refractivity contribution is 7.10. The van der Waals surface area contributed by atoms with Crippen LogP contribution in [0.5, 0.6) is 0 Å². The predicted octanol–water partition coefficient (Wildman–Crippen LogP) is 2.24. The van der Waals surface area contributed by atoms with Gasteiger partial charge in [0.1, 0.15) is 5.54 Å². The zero-order valence-electron chi connectivity index (χ0n) is 7.42. The van der Waals surface area contributed by atoms with Gasteiger partial charge in [-0.05, 0) is 37.3 Å². The molecular formula is C10H12N2S. The van der Waals surface area contributed by atoms with Gasteiger partial charge in [-0.1, -0.05) is 6.07 Å². The Balaban J connectivity index is 2.30. The number of nitrogens with one attached hydrogen (secondary N) is 1. The highest BCUT2D eigenvalue weighted by Gasteiger charge is 2.34. The zero-order valence-corrected chi connectivity index (χ0v) is 8.23. The molecule has 0 spiro atoms. The van der Waals surface area contributed by atoms with Crippen LogP contribution < -0.4 is 5.32 Å². The fourth-order valence-electron chi connectivity index (χ4n) is 1.79. The third-order valence-electron chi connectivity index (χ3n) is 2.54. The molecule has 1 unspecified atom stereocenters. The Hall–Kier alpha value is -0.850. The Morgan fingerprint density at radius 2 is 2.46 bits per heavy atom. The molecule has 0 aliphatic carbocycles. The molecule has 0 bridgehead atoms. The second kappa shape index (κ2) is 3.49. The van der Waals surface area contributed by atoms with E-state index >= 15 is 0 Å². The molecule has 1 aliphatic heterocycles. The van der Waals surface area contributed by atoms with Crippen molar-refractivity contribution in [1.29, 1.82) is 5.26 Å². The second-order valence-electron chi connectivity index (χ2n) is 3.38. The summed E-state index contributed by atoms with van der Waals surface area (Å²) in [5, 5.41) is 14.6. The van der Waals surface area contributed by atoms with Gasteiger partial charge in [0, 0.05) is 4.88 Å². The summed E-state index contributed by atoms with van der Waals surface area (Å²) in [6.45, 7) is 0.964. The minimum atomic E-state index is -0.383. The van der Waals surface area contributed by atoms with Crippen molar-refractivity contribution in [3.05, 3.63) is 22.4 Å². The average molecular weight is 192 g/mol. The summed E-state index contributed by atoms with van der Waals surface area (Å²) in [7, 11) is 0. The van der Waals surface area contributed by atoms with E-state index in [0.717, 1.165) is 24.3 Å². The summed E-state index contributed by atoms with van der Waals surface area (Å²) in [5.74, 6) is 0. The van der Waals surface area contributed by atoms with E-state index in [-0.39, 0.29) is 5.54 Å². The minimum absolute atomic E-state index is 0.383. The van der Waals surface area contributed by atoms with Crippen LogP contribution >= 0.6 is 11.3 Å². The third-order valence-corrected chi connectivity index (χ3v) is 3.57. The van der Waals surface area contributed by atoms with Gasteiger partial charge in [0.2, 0.25) is 0 Å². The average Bonchev–Trinajstić information content (AvgIpc) is 2.72. The van der Waals surface area contributed by atoms with Gasteiger partial charge < -0.3 is 0 Å². The third kappa shape index (κ3) is 1.48. The lowest BCUT2D eigenvalue weighted by Crippen LogP contribution is -2.44. The molecule has 2 rings (SSSR count). The lowest BCUT2D eigenvalue weighted by Gasteiger charge is -2.30. The van der Waals surface area contributed by atoms with Crippen LogP contribution in [0.25, 0.3) is 0 Å². The standard InChI is InChI=1S/C10H12N2S/c11-8-10(5-1-2-6-12-10)9-4-3-7-13-9/h3-4,7,12H,1-2,5-6H2. The largest absolute Gasteiger partial charge is 0.295 e. The molecule has 2 heterocycles. The topological polar surface area (TPSA) is 35.8 Å². The van der Waals surface area contributed by atoms with Crippen molar-refractivity contribution in [3.8, 4) is 6.07 Å². The highest BCUT2D eigenvalue weighted by Crippen LogP contribution is 2.32. The van der Waals surface area contributed by atoms with Crippen LogP contribution in [0.2, 0.25) is 0 Å². The van der Waals surface area contributed by atoms with Crippen molar-refractivity contribution >= 4 is 11.3 Å². The molecule has 1 N–H and O–H groups in total. The Kier molecular flexibility index (Phi) is 2.34. The zero-order chi connectivity index (χ0) is 9.15. The molecule has 13 heavy (non-hydrogen) atoms. The van der Waals surface area contributed by atoms with E-state index in [1.165, 1.54) is 6.42 Å². The quantitative estimate of drug-likeness (QED) is 0.740. The van der Waals surface area contributed by atoms with Gasteiger partial charge in [0.25, 0.3) is 0 Å². The van der Waals surface area contributed by atoms with Crippen molar-refractivity contribution in [2.24, 2.45) is 0 Å². The summed E-state index contributed by atoms with van der Waals surface area (Å²) >= 11 is 1.67. The normalized spacial score (nSPS) is 28.2. The van der Waals surface area contributed by atoms with Gasteiger partial charge >= 0.3 is 0 Å². The molecule has 3 heteroatoms. The van der Waals surface area contributed by atoms with Crippen molar-refractivity contribution in [3.63, 3.8) is 0 Å². The molecule has 1 fully saturated rings. The number of piperidine rings is 1. The summed E-state index contributed by atoms with van der Waals surface area (Å²) < 4.78 is 0. The van der Waals surface area contributed by atoms with E-state index in [9.17, 15) is 5.26 Å². The molecule has 1 atom stereocenters. The molecule has 1 saturated heterocycles. The lowest BCUT2D eigenvalue weighted by molar-refractivity contribution is 0.336. The predicted molar refractivity (Wildman–Crippen MR) is 53.5 cm³/mol. The van der Waals surface area contributed by atoms with E-state index in [2.05, 4.69) is 11.4 Å². The first-order valence-corrected chi connectivity index (χ1v) is 5.46. The first-order valence-electron chi connectivity index (χ1n) is 4.58. The van der Waals surface area contributed by atoms with E-state index in [0.29, 0.717) is 0 Å². The first kappa shape index (κ1) is 8.74. The van der Waals surface area contributed by atoms with Crippen LogP contribution in [0, 0.1) is 11.3 Å². The van der Waals surface area contributed by atoms with E-state index in [4.69, 9.17) is 0 Å². The number of hydrogen-bond donors (Lipinski definition) is 1. The summed E-state index contributed by atoms with van der Waals surface area (Å²) in [4.78, 5) is 1.16. The maximum absolute atomic E-state index is 9.21. The number of rotatable bonds is 1. The SMILES string of the molecule is N#CC1(c2cccs2)CCCCN1. The van der Waals surface area contributed by atoms with Gasteiger partial charge in [-0.3, -0.25) is 5.32 Å². The molecule has 0 aromatic carbocycles. The molecule has 68 valence electrons. The van der Waals surface area contributed by atoms with E-state index in [1.807, 2.05) is 17.5 Å². The first-order chi connectivity index (χ1) is 6.37. The molecule has 2 nitrogen and oxygen atoms in total. The maximum atomic E-state index is 9.21. The monoisotopic (exact) mass is 192 g/mol. The molecule has 0 radical (unpaired) electrons. The van der Waals surface area contributed by atoms with Crippen LogP contribution in [0.1, 0.15) is 24.1 Å². The van der Waals surface area contributed by atoms with Gasteiger partial charge in [0.15, 0.2) is 0 Å². The van der Waals surface area contributed by atoms with Crippen LogP contribution in [0.15, 0.2) is 17.5 Å². The van der Waals surface area contributed by atoms with Crippen LogP contribution in [0.3, 0.4) is 0 Å². The summed E-state index contributed by atoms with van der Waals surface area (Å²) in [6.07, 6.45) is 3.29. The molecule has 1 aromatic heterocycles.